The number of nitro benzene ring substituents is 1. The number of nitrogens with one attached hydrogen (secondary N) is 1. The highest BCUT2D eigenvalue weighted by molar-refractivity contribution is 7.89. The number of hydrogen-bond donors (Lipinski definition) is 1. The van der Waals surface area contributed by atoms with Gasteiger partial charge in [-0.15, -0.1) is 0 Å². The van der Waals surface area contributed by atoms with Crippen LogP contribution in [0.2, 0.25) is 5.02 Å². The molecule has 0 radical (unpaired) electrons. The number of hydrogen-bond acceptors (Lipinski definition) is 6. The third kappa shape index (κ3) is 4.91. The molecular weight excluding hydrogens is 422 g/mol. The zero-order valence-corrected chi connectivity index (χ0v) is 16.8. The number of para-hydroxylation sites is 1. The van der Waals surface area contributed by atoms with Crippen molar-refractivity contribution in [2.24, 2.45) is 0 Å². The second kappa shape index (κ2) is 8.87. The van der Waals surface area contributed by atoms with Crippen LogP contribution < -0.4 is 5.32 Å². The molecule has 9 nitrogen and oxygen atoms in total. The minimum Gasteiger partial charge on any atom is -0.379 e. The van der Waals surface area contributed by atoms with Crippen molar-refractivity contribution < 1.29 is 22.9 Å². The second-order valence-corrected chi connectivity index (χ2v) is 8.61. The Labute approximate surface area is 172 Å². The monoisotopic (exact) mass is 439 g/mol. The van der Waals surface area contributed by atoms with E-state index < -0.39 is 20.9 Å². The van der Waals surface area contributed by atoms with Crippen LogP contribution in [-0.2, 0) is 26.0 Å². The molecular formula is C18H18ClN3O6S. The number of carbonyl (C=O) groups excluding carboxylic acids is 1. The van der Waals surface area contributed by atoms with Crippen LogP contribution >= 0.6 is 11.6 Å². The summed E-state index contributed by atoms with van der Waals surface area (Å²) in [5.41, 5.74) is 0.185. The van der Waals surface area contributed by atoms with E-state index in [1.165, 1.54) is 40.7 Å². The molecule has 0 saturated carbocycles. The Bertz CT molecular complexity index is 1040. The molecule has 2 aromatic carbocycles. The predicted octanol–water partition coefficient (Wildman–Crippen LogP) is 2.45. The Hall–Kier alpha value is -2.53. The molecule has 154 valence electrons. The van der Waals surface area contributed by atoms with Gasteiger partial charge < -0.3 is 10.1 Å². The van der Waals surface area contributed by atoms with Crippen molar-refractivity contribution in [1.29, 1.82) is 0 Å². The summed E-state index contributed by atoms with van der Waals surface area (Å²) in [6.07, 6.45) is -0.256. The van der Waals surface area contributed by atoms with Crippen LogP contribution in [0.25, 0.3) is 0 Å². The molecule has 1 amide bonds. The Balaban J connectivity index is 1.80. The lowest BCUT2D eigenvalue weighted by Crippen LogP contribution is -2.40. The van der Waals surface area contributed by atoms with Crippen molar-refractivity contribution in [3.05, 3.63) is 63.2 Å². The Morgan fingerprint density at radius 2 is 1.90 bits per heavy atom. The van der Waals surface area contributed by atoms with Crippen molar-refractivity contribution in [1.82, 2.24) is 4.31 Å². The van der Waals surface area contributed by atoms with E-state index in [0.29, 0.717) is 13.2 Å². The zero-order chi connectivity index (χ0) is 21.0. The van der Waals surface area contributed by atoms with Crippen molar-refractivity contribution in [3.63, 3.8) is 0 Å². The molecule has 11 heteroatoms. The molecule has 0 aliphatic carbocycles. The van der Waals surface area contributed by atoms with Gasteiger partial charge in [0, 0.05) is 24.7 Å². The normalized spacial score (nSPS) is 15.1. The van der Waals surface area contributed by atoms with Crippen LogP contribution in [0.5, 0.6) is 0 Å². The maximum absolute atomic E-state index is 12.8. The molecule has 0 atom stereocenters. The first-order valence-electron chi connectivity index (χ1n) is 8.68. The van der Waals surface area contributed by atoms with Crippen LogP contribution in [-0.4, -0.2) is 49.9 Å². The van der Waals surface area contributed by atoms with Gasteiger partial charge in [-0.1, -0.05) is 29.8 Å². The quantitative estimate of drug-likeness (QED) is 0.545. The van der Waals surface area contributed by atoms with E-state index in [9.17, 15) is 23.3 Å². The van der Waals surface area contributed by atoms with Crippen LogP contribution in [0.4, 0.5) is 11.4 Å². The number of carbonyl (C=O) groups is 1. The van der Waals surface area contributed by atoms with E-state index in [4.69, 9.17) is 16.3 Å². The second-order valence-electron chi connectivity index (χ2n) is 6.27. The molecule has 3 rings (SSSR count). The minimum absolute atomic E-state index is 0.00945. The molecule has 1 saturated heterocycles. The van der Waals surface area contributed by atoms with Gasteiger partial charge in [0.15, 0.2) is 0 Å². The van der Waals surface area contributed by atoms with E-state index in [0.717, 1.165) is 0 Å². The van der Waals surface area contributed by atoms with Gasteiger partial charge >= 0.3 is 0 Å². The highest BCUT2D eigenvalue weighted by Gasteiger charge is 2.27. The fraction of sp³-hybridized carbons (Fsp3) is 0.278. The standard InChI is InChI=1S/C18H18ClN3O6S/c19-15-6-5-14(29(26,27)21-7-9-28-10-8-21)12-16(15)20-18(23)11-13-3-1-2-4-17(13)22(24)25/h1-6,12H,7-11H2,(H,20,23). The fourth-order valence-electron chi connectivity index (χ4n) is 2.90. The third-order valence-corrected chi connectivity index (χ3v) is 6.58. The predicted molar refractivity (Wildman–Crippen MR) is 106 cm³/mol. The summed E-state index contributed by atoms with van der Waals surface area (Å²) in [6, 6.07) is 9.93. The third-order valence-electron chi connectivity index (χ3n) is 4.36. The average Bonchev–Trinajstić information content (AvgIpc) is 2.70. The molecule has 1 heterocycles. The van der Waals surface area contributed by atoms with Gasteiger partial charge in [-0.25, -0.2) is 8.42 Å². The fourth-order valence-corrected chi connectivity index (χ4v) is 4.50. The van der Waals surface area contributed by atoms with Gasteiger partial charge in [-0.3, -0.25) is 14.9 Å². The molecule has 1 aliphatic rings. The number of ether oxygens (including phenoxy) is 1. The Morgan fingerprint density at radius 1 is 1.21 bits per heavy atom. The smallest absolute Gasteiger partial charge is 0.273 e. The minimum atomic E-state index is -3.76. The highest BCUT2D eigenvalue weighted by atomic mass is 35.5. The van der Waals surface area contributed by atoms with E-state index in [1.807, 2.05) is 0 Å². The van der Waals surface area contributed by atoms with Gasteiger partial charge in [0.2, 0.25) is 15.9 Å². The summed E-state index contributed by atoms with van der Waals surface area (Å²) < 4.78 is 32.1. The zero-order valence-electron chi connectivity index (χ0n) is 15.2. The number of rotatable bonds is 6. The number of anilines is 1. The van der Waals surface area contributed by atoms with E-state index in [1.54, 1.807) is 6.07 Å². The molecule has 29 heavy (non-hydrogen) atoms. The number of halogens is 1. The van der Waals surface area contributed by atoms with Gasteiger partial charge in [0.25, 0.3) is 5.69 Å². The SMILES string of the molecule is O=C(Cc1ccccc1[N+](=O)[O-])Nc1cc(S(=O)(=O)N2CCOCC2)ccc1Cl. The molecule has 0 bridgehead atoms. The molecule has 0 spiro atoms. The van der Waals surface area contributed by atoms with Crippen LogP contribution in [0, 0.1) is 10.1 Å². The van der Waals surface area contributed by atoms with Crippen LogP contribution in [0.15, 0.2) is 47.4 Å². The molecule has 1 fully saturated rings. The number of benzene rings is 2. The Kier molecular flexibility index (Phi) is 6.48. The number of nitrogens with zero attached hydrogens (tertiary/aromatic N) is 2. The summed E-state index contributed by atoms with van der Waals surface area (Å²) in [5, 5.41) is 13.8. The maximum Gasteiger partial charge on any atom is 0.273 e. The maximum atomic E-state index is 12.8. The lowest BCUT2D eigenvalue weighted by atomic mass is 10.1. The van der Waals surface area contributed by atoms with E-state index in [2.05, 4.69) is 5.32 Å². The first kappa shape index (κ1) is 21.2. The number of amides is 1. The molecule has 1 aliphatic heterocycles. The molecule has 0 unspecified atom stereocenters. The van der Waals surface area contributed by atoms with Crippen LogP contribution in [0.1, 0.15) is 5.56 Å². The first-order valence-corrected chi connectivity index (χ1v) is 10.5. The van der Waals surface area contributed by atoms with Gasteiger partial charge in [-0.2, -0.15) is 4.31 Å². The van der Waals surface area contributed by atoms with Crippen molar-refractivity contribution in [2.45, 2.75) is 11.3 Å². The molecule has 2 aromatic rings. The molecule has 0 aromatic heterocycles. The summed E-state index contributed by atoms with van der Waals surface area (Å²) >= 11 is 6.11. The largest absolute Gasteiger partial charge is 0.379 e. The topological polar surface area (TPSA) is 119 Å². The van der Waals surface area contributed by atoms with E-state index in [-0.39, 0.29) is 46.4 Å². The van der Waals surface area contributed by atoms with Gasteiger partial charge in [-0.05, 0) is 18.2 Å². The molecule has 1 N–H and O–H groups in total. The number of nitro groups is 1. The lowest BCUT2D eigenvalue weighted by Gasteiger charge is -2.26. The van der Waals surface area contributed by atoms with Crippen molar-refractivity contribution in [2.75, 3.05) is 31.6 Å². The van der Waals surface area contributed by atoms with E-state index >= 15 is 0 Å². The summed E-state index contributed by atoms with van der Waals surface area (Å²) in [4.78, 5) is 22.9. The summed E-state index contributed by atoms with van der Waals surface area (Å²) in [5.74, 6) is -0.554. The summed E-state index contributed by atoms with van der Waals surface area (Å²) in [7, 11) is -3.76. The summed E-state index contributed by atoms with van der Waals surface area (Å²) in [6.45, 7) is 1.10. The van der Waals surface area contributed by atoms with Crippen molar-refractivity contribution >= 4 is 38.9 Å². The Morgan fingerprint density at radius 3 is 2.59 bits per heavy atom. The first-order chi connectivity index (χ1) is 13.8. The average molecular weight is 440 g/mol. The lowest BCUT2D eigenvalue weighted by molar-refractivity contribution is -0.385. The number of sulfonamides is 1. The van der Waals surface area contributed by atoms with Gasteiger partial charge in [0.05, 0.1) is 40.2 Å². The van der Waals surface area contributed by atoms with Gasteiger partial charge in [0.1, 0.15) is 0 Å². The number of morpholine rings is 1. The highest BCUT2D eigenvalue weighted by Crippen LogP contribution is 2.28. The van der Waals surface area contributed by atoms with Crippen molar-refractivity contribution in [3.8, 4) is 0 Å². The van der Waals surface area contributed by atoms with Crippen LogP contribution in [0.3, 0.4) is 0 Å².